The van der Waals surface area contributed by atoms with E-state index in [1.165, 1.54) is 0 Å². The summed E-state index contributed by atoms with van der Waals surface area (Å²) >= 11 is 0. The summed E-state index contributed by atoms with van der Waals surface area (Å²) in [4.78, 5) is 2.25. The Labute approximate surface area is 140 Å². The maximum absolute atomic E-state index is 8.69. The zero-order chi connectivity index (χ0) is 18.1. The average Bonchev–Trinajstić information content (AvgIpc) is 2.98. The van der Waals surface area contributed by atoms with Gasteiger partial charge in [-0.1, -0.05) is 37.3 Å². The van der Waals surface area contributed by atoms with Crippen LogP contribution in [0.15, 0.2) is 40.8 Å². The predicted molar refractivity (Wildman–Crippen MR) is 98.3 cm³/mol. The Morgan fingerprint density at radius 1 is 1.13 bits per heavy atom. The highest BCUT2D eigenvalue weighted by Crippen LogP contribution is 2.46. The summed E-state index contributed by atoms with van der Waals surface area (Å²) < 4.78 is 23.6. The van der Waals surface area contributed by atoms with Crippen molar-refractivity contribution in [2.45, 2.75) is 52.6 Å². The van der Waals surface area contributed by atoms with Gasteiger partial charge in [-0.05, 0) is 51.6 Å². The number of anilines is 1. The number of furan rings is 1. The van der Waals surface area contributed by atoms with Crippen molar-refractivity contribution in [3.05, 3.63) is 42.0 Å². The molecule has 1 saturated heterocycles. The molecule has 2 atom stereocenters. The van der Waals surface area contributed by atoms with Crippen LogP contribution in [0.2, 0.25) is 0 Å². The summed E-state index contributed by atoms with van der Waals surface area (Å²) in [7, 11) is 0. The Hall–Kier alpha value is -1.96. The molecule has 4 rings (SSSR count). The molecule has 0 amide bonds. The molecule has 1 aliphatic heterocycles. The minimum absolute atomic E-state index is 0.0680. The lowest BCUT2D eigenvalue weighted by atomic mass is 9.96. The number of hydrogen-bond donors (Lipinski definition) is 0. The lowest BCUT2D eigenvalue weighted by Gasteiger charge is -2.38. The highest BCUT2D eigenvalue weighted by Gasteiger charge is 2.43. The van der Waals surface area contributed by atoms with Crippen molar-refractivity contribution in [2.75, 3.05) is 4.90 Å². The van der Waals surface area contributed by atoms with Crippen LogP contribution in [0.3, 0.4) is 0 Å². The topological polar surface area (TPSA) is 16.4 Å². The van der Waals surface area contributed by atoms with Crippen molar-refractivity contribution in [1.82, 2.24) is 0 Å². The van der Waals surface area contributed by atoms with Gasteiger partial charge in [-0.3, -0.25) is 0 Å². The monoisotopic (exact) mass is 309 g/mol. The number of rotatable bonds is 1. The van der Waals surface area contributed by atoms with Crippen LogP contribution in [0.5, 0.6) is 0 Å². The van der Waals surface area contributed by atoms with Gasteiger partial charge < -0.3 is 9.32 Å². The van der Waals surface area contributed by atoms with Gasteiger partial charge in [0.15, 0.2) is 5.58 Å². The number of nitrogens with zero attached hydrogens (tertiary/aromatic N) is 1. The molecule has 0 saturated carbocycles. The molecule has 0 spiro atoms. The minimum Gasteiger partial charge on any atom is -0.454 e. The molecule has 1 aliphatic rings. The molecule has 0 N–H and O–H groups in total. The molecule has 0 bridgehead atoms. The standard InChI is InChI=1S/C21H25NO/c1-13-10-11-17-16-8-6-7-9-18(16)23-20(17)19(13)22-15(3)14(2)12-21(22,4)5/h6-11,14-15H,12H2,1-5H3/i12D2. The first kappa shape index (κ1) is 12.5. The number of fused-ring (bicyclic) bond motifs is 3. The van der Waals surface area contributed by atoms with Crippen LogP contribution >= 0.6 is 0 Å². The first-order valence-corrected chi connectivity index (χ1v) is 8.38. The van der Waals surface area contributed by atoms with E-state index in [2.05, 4.69) is 36.9 Å². The van der Waals surface area contributed by atoms with Crippen LogP contribution in [0, 0.1) is 12.8 Å². The van der Waals surface area contributed by atoms with E-state index in [1.807, 2.05) is 39.0 Å². The number of aryl methyl sites for hydroxylation is 1. The third kappa shape index (κ3) is 2.00. The van der Waals surface area contributed by atoms with Crippen LogP contribution in [0.4, 0.5) is 5.69 Å². The van der Waals surface area contributed by atoms with Gasteiger partial charge in [0.1, 0.15) is 5.58 Å². The summed E-state index contributed by atoms with van der Waals surface area (Å²) in [5.41, 5.74) is 3.27. The molecule has 2 unspecified atom stereocenters. The van der Waals surface area contributed by atoms with Crippen molar-refractivity contribution < 1.29 is 7.16 Å². The molecule has 1 fully saturated rings. The highest BCUT2D eigenvalue weighted by atomic mass is 16.3. The van der Waals surface area contributed by atoms with Gasteiger partial charge in [-0.15, -0.1) is 0 Å². The first-order chi connectivity index (χ1) is 11.7. The quantitative estimate of drug-likeness (QED) is 0.556. The third-order valence-electron chi connectivity index (χ3n) is 5.28. The van der Waals surface area contributed by atoms with Crippen LogP contribution in [-0.4, -0.2) is 11.6 Å². The van der Waals surface area contributed by atoms with Crippen LogP contribution < -0.4 is 4.90 Å². The number of para-hydroxylation sites is 1. The summed E-state index contributed by atoms with van der Waals surface area (Å²) in [6, 6.07) is 12.4. The molecule has 0 aliphatic carbocycles. The second-order valence-corrected chi connectivity index (χ2v) is 7.31. The SMILES string of the molecule is [2H]C1([2H])C(C)C(C)N(c2c(C)ccc3c2oc2ccccc23)C1(C)C. The van der Waals surface area contributed by atoms with E-state index in [1.54, 1.807) is 0 Å². The summed E-state index contributed by atoms with van der Waals surface area (Å²) in [6.45, 7) is 10.2. The summed E-state index contributed by atoms with van der Waals surface area (Å²) in [6.07, 6.45) is -1.28. The normalized spacial score (nSPS) is 27.4. The molecule has 3 aromatic rings. The Morgan fingerprint density at radius 3 is 2.57 bits per heavy atom. The zero-order valence-electron chi connectivity index (χ0n) is 16.5. The van der Waals surface area contributed by atoms with Gasteiger partial charge in [0.05, 0.1) is 5.69 Å². The smallest absolute Gasteiger partial charge is 0.158 e. The molecule has 2 nitrogen and oxygen atoms in total. The van der Waals surface area contributed by atoms with E-state index in [9.17, 15) is 0 Å². The first-order valence-electron chi connectivity index (χ1n) is 9.38. The average molecular weight is 309 g/mol. The van der Waals surface area contributed by atoms with E-state index < -0.39 is 11.9 Å². The van der Waals surface area contributed by atoms with Crippen molar-refractivity contribution in [3.63, 3.8) is 0 Å². The van der Waals surface area contributed by atoms with E-state index >= 15 is 0 Å². The van der Waals surface area contributed by atoms with Crippen LogP contribution in [0.25, 0.3) is 21.9 Å². The van der Waals surface area contributed by atoms with Gasteiger partial charge in [0.2, 0.25) is 0 Å². The van der Waals surface area contributed by atoms with Crippen molar-refractivity contribution >= 4 is 27.6 Å². The van der Waals surface area contributed by atoms with Crippen LogP contribution in [-0.2, 0) is 0 Å². The Balaban J connectivity index is 2.05. The van der Waals surface area contributed by atoms with Gasteiger partial charge >= 0.3 is 0 Å². The molecule has 2 heteroatoms. The molecular formula is C21H25NO. The van der Waals surface area contributed by atoms with Crippen molar-refractivity contribution in [1.29, 1.82) is 0 Å². The lowest BCUT2D eigenvalue weighted by Crippen LogP contribution is -2.42. The van der Waals surface area contributed by atoms with Crippen molar-refractivity contribution in [2.24, 2.45) is 5.92 Å². The van der Waals surface area contributed by atoms with Gasteiger partial charge in [-0.25, -0.2) is 0 Å². The predicted octanol–water partition coefficient (Wildman–Crippen LogP) is 5.91. The molecule has 2 heterocycles. The molecule has 23 heavy (non-hydrogen) atoms. The lowest BCUT2D eigenvalue weighted by molar-refractivity contribution is 0.486. The highest BCUT2D eigenvalue weighted by molar-refractivity contribution is 6.09. The maximum atomic E-state index is 8.69. The molecule has 2 aromatic carbocycles. The molecular weight excluding hydrogens is 282 g/mol. The summed E-state index contributed by atoms with van der Waals surface area (Å²) in [5, 5.41) is 2.21. The zero-order valence-corrected chi connectivity index (χ0v) is 14.5. The maximum Gasteiger partial charge on any atom is 0.158 e. The third-order valence-corrected chi connectivity index (χ3v) is 5.28. The fraction of sp³-hybridized carbons (Fsp3) is 0.429. The van der Waals surface area contributed by atoms with E-state index in [4.69, 9.17) is 7.16 Å². The van der Waals surface area contributed by atoms with Crippen molar-refractivity contribution in [3.8, 4) is 0 Å². The largest absolute Gasteiger partial charge is 0.454 e. The summed E-state index contributed by atoms with van der Waals surface area (Å²) in [5.74, 6) is -0.0680. The Kier molecular flexibility index (Phi) is 2.58. The number of hydrogen-bond acceptors (Lipinski definition) is 2. The van der Waals surface area contributed by atoms with Gasteiger partial charge in [0.25, 0.3) is 0 Å². The molecule has 0 radical (unpaired) electrons. The van der Waals surface area contributed by atoms with Crippen LogP contribution in [0.1, 0.15) is 42.4 Å². The Bertz CT molecular complexity index is 973. The van der Waals surface area contributed by atoms with E-state index in [-0.39, 0.29) is 12.0 Å². The van der Waals surface area contributed by atoms with E-state index in [0.29, 0.717) is 0 Å². The second kappa shape index (κ2) is 4.77. The fourth-order valence-electron chi connectivity index (χ4n) is 4.14. The Morgan fingerprint density at radius 2 is 1.87 bits per heavy atom. The minimum atomic E-state index is -1.28. The second-order valence-electron chi connectivity index (χ2n) is 7.31. The van der Waals surface area contributed by atoms with Gasteiger partial charge in [-0.2, -0.15) is 0 Å². The van der Waals surface area contributed by atoms with Gasteiger partial charge in [0, 0.05) is 25.1 Å². The molecule has 1 aromatic heterocycles. The number of benzene rings is 2. The van der Waals surface area contributed by atoms with E-state index in [0.717, 1.165) is 33.2 Å². The fourth-order valence-corrected chi connectivity index (χ4v) is 4.14. The molecule has 120 valence electrons.